The zero-order chi connectivity index (χ0) is 13.3. The zero-order valence-corrected chi connectivity index (χ0v) is 11.6. The molecular weight excluding hydrogens is 236 g/mol. The van der Waals surface area contributed by atoms with Crippen molar-refractivity contribution < 1.29 is 24.9 Å². The molecule has 0 amide bonds. The molecule has 0 saturated carbocycles. The lowest BCUT2D eigenvalue weighted by molar-refractivity contribution is -0.700. The van der Waals surface area contributed by atoms with Gasteiger partial charge in [0, 0.05) is 10.1 Å². The van der Waals surface area contributed by atoms with Gasteiger partial charge in [-0.25, -0.2) is 4.89 Å². The van der Waals surface area contributed by atoms with Crippen LogP contribution in [0, 0.1) is 0 Å². The van der Waals surface area contributed by atoms with Crippen molar-refractivity contribution in [2.45, 2.75) is 65.2 Å². The van der Waals surface area contributed by atoms with E-state index < -0.39 is 0 Å². The molecule has 0 spiro atoms. The van der Waals surface area contributed by atoms with Crippen molar-refractivity contribution in [1.82, 2.24) is 0 Å². The van der Waals surface area contributed by atoms with E-state index in [4.69, 9.17) is 4.89 Å². The van der Waals surface area contributed by atoms with E-state index in [2.05, 4.69) is 26.9 Å². The van der Waals surface area contributed by atoms with E-state index in [-0.39, 0.29) is 0 Å². The molecule has 18 heavy (non-hydrogen) atoms. The predicted octanol–water partition coefficient (Wildman–Crippen LogP) is 4.40. The maximum absolute atomic E-state index is 4.71. The molecule has 0 aliphatic rings. The van der Waals surface area contributed by atoms with Crippen molar-refractivity contribution in [2.24, 2.45) is 0 Å². The molecule has 0 N–H and O–H groups in total. The Morgan fingerprint density at radius 1 is 0.778 bits per heavy atom. The van der Waals surface area contributed by atoms with Crippen LogP contribution < -0.4 is 0 Å². The Labute approximate surface area is 110 Å². The number of rotatable bonds is 14. The highest BCUT2D eigenvalue weighted by molar-refractivity contribution is 4.62. The third-order valence-electron chi connectivity index (χ3n) is 2.42. The first-order valence-electron chi connectivity index (χ1n) is 6.81. The molecule has 0 atom stereocenters. The molecule has 5 heteroatoms. The Hall–Kier alpha value is -0.620. The average Bonchev–Trinajstić information content (AvgIpc) is 2.39. The highest BCUT2D eigenvalue weighted by Gasteiger charge is 1.94. The molecule has 0 rings (SSSR count). The summed E-state index contributed by atoms with van der Waals surface area (Å²) in [4.78, 5) is 9.07. The highest BCUT2D eigenvalue weighted by atomic mass is 17.8. The lowest BCUT2D eigenvalue weighted by Gasteiger charge is -2.02. The quantitative estimate of drug-likeness (QED) is 0.201. The van der Waals surface area contributed by atoms with Crippen molar-refractivity contribution in [3.8, 4) is 0 Å². The van der Waals surface area contributed by atoms with E-state index >= 15 is 0 Å². The van der Waals surface area contributed by atoms with E-state index in [1.54, 1.807) is 13.0 Å². The smallest absolute Gasteiger partial charge is 0.128 e. The summed E-state index contributed by atoms with van der Waals surface area (Å²) < 4.78 is 0. The molecular formula is C13H26O5. The maximum Gasteiger partial charge on any atom is 0.128 e. The molecule has 0 fully saturated rings. The molecule has 0 aromatic carbocycles. The Morgan fingerprint density at radius 3 is 2.11 bits per heavy atom. The second kappa shape index (κ2) is 16.4. The summed E-state index contributed by atoms with van der Waals surface area (Å²) in [6, 6.07) is 0. The Morgan fingerprint density at radius 2 is 1.44 bits per heavy atom. The van der Waals surface area contributed by atoms with Crippen LogP contribution in [0.25, 0.3) is 0 Å². The Bertz CT molecular complexity index is 173. The van der Waals surface area contributed by atoms with Crippen molar-refractivity contribution in [3.63, 3.8) is 0 Å². The van der Waals surface area contributed by atoms with Crippen LogP contribution in [-0.2, 0) is 24.9 Å². The fourth-order valence-corrected chi connectivity index (χ4v) is 1.45. The first-order valence-corrected chi connectivity index (χ1v) is 6.81. The standard InChI is InChI=1S/C13H26O5/c1-3-5-6-7-8-9-10-11-13-15-17-18-16-14-12-4-2/h4,12H,3,5-11,13H2,1-2H3. The van der Waals surface area contributed by atoms with Crippen LogP contribution in [0.15, 0.2) is 12.3 Å². The van der Waals surface area contributed by atoms with Gasteiger partial charge in [0.1, 0.15) is 6.26 Å². The molecule has 0 radical (unpaired) electrons. The van der Waals surface area contributed by atoms with Gasteiger partial charge in [-0.05, 0) is 24.5 Å². The fraction of sp³-hybridized carbons (Fsp3) is 0.846. The fourth-order valence-electron chi connectivity index (χ4n) is 1.45. The van der Waals surface area contributed by atoms with Crippen molar-refractivity contribution in [1.29, 1.82) is 0 Å². The number of hydrogen-bond acceptors (Lipinski definition) is 5. The Balaban J connectivity index is 2.90. The summed E-state index contributed by atoms with van der Waals surface area (Å²) in [6.07, 6.45) is 12.9. The molecule has 0 unspecified atom stereocenters. The zero-order valence-electron chi connectivity index (χ0n) is 11.6. The van der Waals surface area contributed by atoms with Gasteiger partial charge in [0.2, 0.25) is 0 Å². The molecule has 0 aromatic rings. The van der Waals surface area contributed by atoms with Gasteiger partial charge in [-0.2, -0.15) is 0 Å². The lowest BCUT2D eigenvalue weighted by Crippen LogP contribution is -1.99. The first kappa shape index (κ1) is 17.4. The van der Waals surface area contributed by atoms with E-state index in [0.717, 1.165) is 12.8 Å². The molecule has 108 valence electrons. The normalized spacial score (nSPS) is 11.2. The van der Waals surface area contributed by atoms with Crippen LogP contribution >= 0.6 is 0 Å². The number of unbranched alkanes of at least 4 members (excludes halogenated alkanes) is 7. The topological polar surface area (TPSA) is 46.2 Å². The van der Waals surface area contributed by atoms with Gasteiger partial charge >= 0.3 is 0 Å². The van der Waals surface area contributed by atoms with Gasteiger partial charge in [-0.15, -0.1) is 0 Å². The van der Waals surface area contributed by atoms with Crippen LogP contribution in [0.4, 0.5) is 0 Å². The van der Waals surface area contributed by atoms with Crippen molar-refractivity contribution in [3.05, 3.63) is 12.3 Å². The third kappa shape index (κ3) is 15.4. The molecule has 0 bridgehead atoms. The monoisotopic (exact) mass is 262 g/mol. The second-order valence-electron chi connectivity index (χ2n) is 4.07. The van der Waals surface area contributed by atoms with Gasteiger partial charge in [0.05, 0.1) is 6.61 Å². The van der Waals surface area contributed by atoms with E-state index in [0.29, 0.717) is 6.61 Å². The largest absolute Gasteiger partial charge is 0.314 e. The van der Waals surface area contributed by atoms with Gasteiger partial charge < -0.3 is 4.89 Å². The van der Waals surface area contributed by atoms with Gasteiger partial charge in [0.15, 0.2) is 0 Å². The first-order chi connectivity index (χ1) is 8.91. The number of hydrogen-bond donors (Lipinski definition) is 0. The Kier molecular flexibility index (Phi) is 15.8. The second-order valence-corrected chi connectivity index (χ2v) is 4.07. The molecule has 5 nitrogen and oxygen atoms in total. The van der Waals surface area contributed by atoms with Crippen LogP contribution in [0.1, 0.15) is 65.2 Å². The summed E-state index contributed by atoms with van der Waals surface area (Å²) in [5.41, 5.74) is 0. The van der Waals surface area contributed by atoms with Crippen LogP contribution in [0.3, 0.4) is 0 Å². The molecule has 0 heterocycles. The number of allylic oxidation sites excluding steroid dienone is 1. The SMILES string of the molecule is CC=COOOOOCCCCCCCCCC. The van der Waals surface area contributed by atoms with Crippen LogP contribution in [-0.4, -0.2) is 6.61 Å². The summed E-state index contributed by atoms with van der Waals surface area (Å²) in [7, 11) is 0. The van der Waals surface area contributed by atoms with E-state index in [1.807, 2.05) is 0 Å². The van der Waals surface area contributed by atoms with E-state index in [9.17, 15) is 0 Å². The summed E-state index contributed by atoms with van der Waals surface area (Å²) in [5.74, 6) is 0. The van der Waals surface area contributed by atoms with E-state index in [1.165, 1.54) is 44.8 Å². The van der Waals surface area contributed by atoms with Gasteiger partial charge in [-0.1, -0.05) is 51.9 Å². The average molecular weight is 262 g/mol. The lowest BCUT2D eigenvalue weighted by atomic mass is 10.1. The molecule has 0 aromatic heterocycles. The van der Waals surface area contributed by atoms with Crippen molar-refractivity contribution in [2.75, 3.05) is 6.61 Å². The van der Waals surface area contributed by atoms with Gasteiger partial charge in [0.25, 0.3) is 0 Å². The summed E-state index contributed by atoms with van der Waals surface area (Å²) in [6.45, 7) is 4.50. The minimum Gasteiger partial charge on any atom is -0.314 e. The molecule has 0 saturated heterocycles. The minimum absolute atomic E-state index is 0.488. The molecule has 0 aliphatic carbocycles. The summed E-state index contributed by atoms with van der Waals surface area (Å²) in [5, 5.41) is 12.5. The third-order valence-corrected chi connectivity index (χ3v) is 2.42. The van der Waals surface area contributed by atoms with Crippen molar-refractivity contribution >= 4 is 0 Å². The highest BCUT2D eigenvalue weighted by Crippen LogP contribution is 2.08. The molecule has 0 aliphatic heterocycles. The van der Waals surface area contributed by atoms with Crippen LogP contribution in [0.5, 0.6) is 0 Å². The van der Waals surface area contributed by atoms with Crippen LogP contribution in [0.2, 0.25) is 0 Å². The predicted molar refractivity (Wildman–Crippen MR) is 67.7 cm³/mol. The minimum atomic E-state index is 0.488. The maximum atomic E-state index is 4.71. The van der Waals surface area contributed by atoms with Gasteiger partial charge in [-0.3, -0.25) is 0 Å². The summed E-state index contributed by atoms with van der Waals surface area (Å²) >= 11 is 0.